The number of amides is 1. The Kier molecular flexibility index (Phi) is 8.04. The molecule has 3 rings (SSSR count). The summed E-state index contributed by atoms with van der Waals surface area (Å²) in [5, 5.41) is 3.00. The van der Waals surface area contributed by atoms with Crippen LogP contribution >= 0.6 is 0 Å². The van der Waals surface area contributed by atoms with Crippen molar-refractivity contribution < 1.29 is 14.4 Å². The number of carbonyl (C=O) groups excluding carboxylic acids is 1. The van der Waals surface area contributed by atoms with Crippen molar-refractivity contribution in [2.24, 2.45) is 0 Å². The molecule has 156 valence electrons. The van der Waals surface area contributed by atoms with Crippen LogP contribution in [0.4, 0.5) is 0 Å². The van der Waals surface area contributed by atoms with E-state index in [1.807, 2.05) is 60.7 Å². The van der Waals surface area contributed by atoms with Gasteiger partial charge in [0.15, 0.2) is 6.61 Å². The largest absolute Gasteiger partial charge is 0.483 e. The van der Waals surface area contributed by atoms with Gasteiger partial charge in [0, 0.05) is 17.7 Å². The molecule has 4 nitrogen and oxygen atoms in total. The topological polar surface area (TPSA) is 42.8 Å². The van der Waals surface area contributed by atoms with E-state index in [0.717, 1.165) is 36.3 Å². The Hall–Kier alpha value is -3.11. The predicted molar refractivity (Wildman–Crippen MR) is 121 cm³/mol. The second-order valence-corrected chi connectivity index (χ2v) is 7.33. The van der Waals surface area contributed by atoms with Crippen LogP contribution in [0, 0.1) is 0 Å². The number of carbonyl (C=O) groups is 1. The summed E-state index contributed by atoms with van der Waals surface area (Å²) >= 11 is 0. The highest BCUT2D eigenvalue weighted by Crippen LogP contribution is 2.29. The van der Waals surface area contributed by atoms with Gasteiger partial charge in [-0.3, -0.25) is 4.79 Å². The molecule has 1 amide bonds. The molecule has 0 atom stereocenters. The van der Waals surface area contributed by atoms with E-state index in [-0.39, 0.29) is 12.5 Å². The number of rotatable bonds is 10. The molecule has 30 heavy (non-hydrogen) atoms. The number of ether oxygens (including phenoxy) is 1. The lowest BCUT2D eigenvalue weighted by Gasteiger charge is -2.18. The van der Waals surface area contributed by atoms with Gasteiger partial charge in [0.25, 0.3) is 5.91 Å². The first-order valence-electron chi connectivity index (χ1n) is 10.7. The zero-order chi connectivity index (χ0) is 21.2. The molecule has 0 unspecified atom stereocenters. The second kappa shape index (κ2) is 11.2. The summed E-state index contributed by atoms with van der Waals surface area (Å²) in [4.78, 5) is 14.0. The van der Waals surface area contributed by atoms with Gasteiger partial charge in [0.05, 0.1) is 13.1 Å². The van der Waals surface area contributed by atoms with Gasteiger partial charge in [-0.2, -0.15) is 0 Å². The predicted octanol–water partition coefficient (Wildman–Crippen LogP) is 3.47. The van der Waals surface area contributed by atoms with Crippen LogP contribution in [0.3, 0.4) is 0 Å². The number of benzene rings is 3. The molecule has 0 heterocycles. The zero-order valence-corrected chi connectivity index (χ0v) is 17.9. The van der Waals surface area contributed by atoms with E-state index >= 15 is 0 Å². The first-order chi connectivity index (χ1) is 14.7. The molecule has 0 aliphatic heterocycles. The minimum Gasteiger partial charge on any atom is -0.483 e. The lowest BCUT2D eigenvalue weighted by molar-refractivity contribution is -0.910. The molecule has 0 fully saturated rings. The molecule has 0 spiro atoms. The average molecular weight is 404 g/mol. The molecular weight excluding hydrogens is 372 g/mol. The van der Waals surface area contributed by atoms with Crippen LogP contribution in [-0.2, 0) is 17.9 Å². The molecule has 0 saturated heterocycles. The van der Waals surface area contributed by atoms with Gasteiger partial charge in [-0.05, 0) is 31.0 Å². The minimum absolute atomic E-state index is 0.00664. The molecular formula is C26H31N2O2+. The van der Waals surface area contributed by atoms with Gasteiger partial charge < -0.3 is 15.0 Å². The summed E-state index contributed by atoms with van der Waals surface area (Å²) in [7, 11) is 0. The number of para-hydroxylation sites is 1. The Bertz CT molecular complexity index is 937. The van der Waals surface area contributed by atoms with Crippen LogP contribution in [0.5, 0.6) is 5.75 Å². The Morgan fingerprint density at radius 1 is 0.833 bits per heavy atom. The average Bonchev–Trinajstić information content (AvgIpc) is 2.81. The molecule has 2 N–H and O–H groups in total. The quantitative estimate of drug-likeness (QED) is 0.544. The third kappa shape index (κ3) is 5.94. The van der Waals surface area contributed by atoms with E-state index in [9.17, 15) is 4.79 Å². The third-order valence-electron chi connectivity index (χ3n) is 5.37. The van der Waals surface area contributed by atoms with Crippen molar-refractivity contribution in [1.29, 1.82) is 0 Å². The minimum atomic E-state index is -0.122. The summed E-state index contributed by atoms with van der Waals surface area (Å²) < 4.78 is 5.86. The highest BCUT2D eigenvalue weighted by molar-refractivity contribution is 5.78. The van der Waals surface area contributed by atoms with E-state index in [2.05, 4.69) is 37.4 Å². The fourth-order valence-electron chi connectivity index (χ4n) is 3.51. The van der Waals surface area contributed by atoms with Crippen molar-refractivity contribution in [2.75, 3.05) is 19.7 Å². The molecule has 4 heteroatoms. The Morgan fingerprint density at radius 3 is 2.20 bits per heavy atom. The maximum atomic E-state index is 12.4. The van der Waals surface area contributed by atoms with Gasteiger partial charge >= 0.3 is 0 Å². The fourth-order valence-corrected chi connectivity index (χ4v) is 3.51. The van der Waals surface area contributed by atoms with E-state index < -0.39 is 0 Å². The highest BCUT2D eigenvalue weighted by Gasteiger charge is 2.11. The molecule has 3 aromatic carbocycles. The number of nitrogens with one attached hydrogen (secondary N) is 2. The highest BCUT2D eigenvalue weighted by atomic mass is 16.5. The smallest absolute Gasteiger partial charge is 0.258 e. The van der Waals surface area contributed by atoms with E-state index in [4.69, 9.17) is 4.74 Å². The summed E-state index contributed by atoms with van der Waals surface area (Å²) in [6.07, 6.45) is 0. The van der Waals surface area contributed by atoms with Crippen molar-refractivity contribution >= 4 is 5.91 Å². The normalized spacial score (nSPS) is 10.8. The van der Waals surface area contributed by atoms with Crippen molar-refractivity contribution in [3.05, 3.63) is 90.0 Å². The molecule has 0 aliphatic rings. The molecule has 0 radical (unpaired) electrons. The van der Waals surface area contributed by atoms with Crippen molar-refractivity contribution in [2.45, 2.75) is 26.9 Å². The van der Waals surface area contributed by atoms with E-state index in [0.29, 0.717) is 12.3 Å². The summed E-state index contributed by atoms with van der Waals surface area (Å²) in [6, 6.07) is 26.2. The molecule has 0 aromatic heterocycles. The van der Waals surface area contributed by atoms with Crippen LogP contribution in [0.2, 0.25) is 0 Å². The summed E-state index contributed by atoms with van der Waals surface area (Å²) in [5.41, 5.74) is 4.50. The van der Waals surface area contributed by atoms with Gasteiger partial charge in [-0.25, -0.2) is 0 Å². The Balaban J connectivity index is 1.58. The number of quaternary nitrogens is 1. The lowest BCUT2D eigenvalue weighted by atomic mass is 10.1. The third-order valence-corrected chi connectivity index (χ3v) is 5.37. The van der Waals surface area contributed by atoms with Gasteiger partial charge in [-0.15, -0.1) is 0 Å². The van der Waals surface area contributed by atoms with Crippen LogP contribution in [0.25, 0.3) is 11.1 Å². The van der Waals surface area contributed by atoms with Crippen molar-refractivity contribution in [3.63, 3.8) is 0 Å². The van der Waals surface area contributed by atoms with Gasteiger partial charge in [0.1, 0.15) is 12.3 Å². The van der Waals surface area contributed by atoms with E-state index in [1.54, 1.807) is 0 Å². The fraction of sp³-hybridized carbons (Fsp3) is 0.269. The Labute approximate surface area is 179 Å². The van der Waals surface area contributed by atoms with Crippen LogP contribution in [-0.4, -0.2) is 25.6 Å². The monoisotopic (exact) mass is 403 g/mol. The molecule has 3 aromatic rings. The maximum Gasteiger partial charge on any atom is 0.258 e. The molecule has 0 saturated carbocycles. The zero-order valence-electron chi connectivity index (χ0n) is 17.9. The number of hydrogen-bond donors (Lipinski definition) is 2. The van der Waals surface area contributed by atoms with E-state index in [1.165, 1.54) is 10.5 Å². The standard InChI is InChI=1S/C26H30N2O2/c1-3-28(4-2)19-23-15-9-8-14-22(23)18-27-26(29)20-30-25-17-11-10-16-24(25)21-12-6-5-7-13-21/h5-17H,3-4,18-20H2,1-2H3,(H,27,29)/p+1. The van der Waals surface area contributed by atoms with Crippen LogP contribution in [0.15, 0.2) is 78.9 Å². The Morgan fingerprint density at radius 2 is 1.47 bits per heavy atom. The van der Waals surface area contributed by atoms with Gasteiger partial charge in [-0.1, -0.05) is 72.8 Å². The van der Waals surface area contributed by atoms with Crippen LogP contribution < -0.4 is 15.0 Å². The van der Waals surface area contributed by atoms with Crippen molar-refractivity contribution in [1.82, 2.24) is 5.32 Å². The first-order valence-corrected chi connectivity index (χ1v) is 10.7. The number of hydrogen-bond acceptors (Lipinski definition) is 2. The SMILES string of the molecule is CC[NH+](CC)Cc1ccccc1CNC(=O)COc1ccccc1-c1ccccc1. The first kappa shape index (κ1) is 21.6. The molecule has 0 aliphatic carbocycles. The maximum absolute atomic E-state index is 12.4. The van der Waals surface area contributed by atoms with Crippen LogP contribution in [0.1, 0.15) is 25.0 Å². The van der Waals surface area contributed by atoms with Crippen molar-refractivity contribution in [3.8, 4) is 16.9 Å². The summed E-state index contributed by atoms with van der Waals surface area (Å²) in [6.45, 7) is 8.06. The van der Waals surface area contributed by atoms with Gasteiger partial charge in [0.2, 0.25) is 0 Å². The summed E-state index contributed by atoms with van der Waals surface area (Å²) in [5.74, 6) is 0.590. The lowest BCUT2D eigenvalue weighted by Crippen LogP contribution is -3.10. The second-order valence-electron chi connectivity index (χ2n) is 7.33. The molecule has 0 bridgehead atoms.